The van der Waals surface area contributed by atoms with Gasteiger partial charge in [0.05, 0.1) is 27.4 Å². The number of furan rings is 2. The van der Waals surface area contributed by atoms with E-state index in [1.165, 1.54) is 27.3 Å². The summed E-state index contributed by atoms with van der Waals surface area (Å²) in [6, 6.07) is 68.7. The number of fused-ring (bicyclic) bond motifs is 12. The predicted octanol–water partition coefficient (Wildman–Crippen LogP) is 17.5. The van der Waals surface area contributed by atoms with Gasteiger partial charge < -0.3 is 8.83 Å². The normalized spacial score (nSPS) is 11.3. The van der Waals surface area contributed by atoms with Crippen LogP contribution in [0, 0.1) is 0 Å². The minimum Gasteiger partial charge on any atom is -0.455 e. The number of hydrogen-bond acceptors (Lipinski definition) is 4. The van der Waals surface area contributed by atoms with Crippen LogP contribution in [0.25, 0.3) is 121 Å². The number of halogens is 1. The van der Waals surface area contributed by atoms with E-state index in [1.807, 2.05) is 66.7 Å². The van der Waals surface area contributed by atoms with E-state index in [1.54, 1.807) is 0 Å². The Morgan fingerprint density at radius 1 is 0.349 bits per heavy atom. The molecule has 4 nitrogen and oxygen atoms in total. The zero-order valence-electron chi connectivity index (χ0n) is 32.6. The SMILES string of the molecule is C.C.Clc1cc(-c2cccc3c2oc2ccccc23)nc2ccc3ccccc3c12.c1ccc(-c2cc(-c3cccc4c3oc3ccccc34)nc3ccc4ccccc4c23)cc1. The summed E-state index contributed by atoms with van der Waals surface area (Å²) >= 11 is 6.75. The third kappa shape index (κ3) is 6.55. The second kappa shape index (κ2) is 15.9. The zero-order chi connectivity index (χ0) is 40.4. The smallest absolute Gasteiger partial charge is 0.144 e. The van der Waals surface area contributed by atoms with Crippen LogP contribution in [-0.4, -0.2) is 9.97 Å². The highest BCUT2D eigenvalue weighted by Crippen LogP contribution is 2.41. The van der Waals surface area contributed by atoms with Crippen LogP contribution in [0.15, 0.2) is 209 Å². The molecule has 0 aliphatic rings. The molecule has 0 unspecified atom stereocenters. The molecule has 302 valence electrons. The van der Waals surface area contributed by atoms with Crippen LogP contribution >= 0.6 is 11.6 Å². The van der Waals surface area contributed by atoms with Gasteiger partial charge in [-0.05, 0) is 81.2 Å². The summed E-state index contributed by atoms with van der Waals surface area (Å²) in [4.78, 5) is 10.1. The fraction of sp³-hybridized carbons (Fsp3) is 0.0345. The van der Waals surface area contributed by atoms with Crippen molar-refractivity contribution < 1.29 is 8.83 Å². The van der Waals surface area contributed by atoms with Crippen LogP contribution in [0.4, 0.5) is 0 Å². The van der Waals surface area contributed by atoms with Crippen LogP contribution in [-0.2, 0) is 0 Å². The molecule has 0 N–H and O–H groups in total. The van der Waals surface area contributed by atoms with Crippen molar-refractivity contribution in [1.29, 1.82) is 0 Å². The number of para-hydroxylation sites is 4. The van der Waals surface area contributed by atoms with Gasteiger partial charge in [0.15, 0.2) is 0 Å². The maximum absolute atomic E-state index is 6.75. The lowest BCUT2D eigenvalue weighted by Gasteiger charge is -2.13. The monoisotopic (exact) mass is 832 g/mol. The lowest BCUT2D eigenvalue weighted by molar-refractivity contribution is 0.669. The minimum atomic E-state index is 0. The summed E-state index contributed by atoms with van der Waals surface area (Å²) in [5, 5.41) is 12.0. The number of aromatic nitrogens is 2. The van der Waals surface area contributed by atoms with Crippen molar-refractivity contribution in [3.05, 3.63) is 205 Å². The quantitative estimate of drug-likeness (QED) is 0.166. The Kier molecular flexibility index (Phi) is 9.94. The molecule has 0 bridgehead atoms. The summed E-state index contributed by atoms with van der Waals surface area (Å²) in [7, 11) is 0. The Balaban J connectivity index is 0.000000147. The van der Waals surface area contributed by atoms with Gasteiger partial charge in [-0.15, -0.1) is 0 Å². The number of hydrogen-bond donors (Lipinski definition) is 0. The second-order valence-corrected chi connectivity index (χ2v) is 15.7. The van der Waals surface area contributed by atoms with E-state index in [2.05, 4.69) is 133 Å². The van der Waals surface area contributed by atoms with Gasteiger partial charge >= 0.3 is 0 Å². The first-order valence-electron chi connectivity index (χ1n) is 20.3. The van der Waals surface area contributed by atoms with E-state index in [-0.39, 0.29) is 14.9 Å². The van der Waals surface area contributed by atoms with Crippen molar-refractivity contribution in [2.45, 2.75) is 14.9 Å². The molecule has 0 radical (unpaired) electrons. The van der Waals surface area contributed by atoms with Gasteiger partial charge in [-0.3, -0.25) is 0 Å². The van der Waals surface area contributed by atoms with Gasteiger partial charge in [0.1, 0.15) is 22.3 Å². The average molecular weight is 833 g/mol. The van der Waals surface area contributed by atoms with Crippen LogP contribution in [0.3, 0.4) is 0 Å². The highest BCUT2D eigenvalue weighted by molar-refractivity contribution is 6.38. The van der Waals surface area contributed by atoms with Crippen LogP contribution in [0.5, 0.6) is 0 Å². The fourth-order valence-electron chi connectivity index (χ4n) is 8.98. The molecule has 0 amide bonds. The van der Waals surface area contributed by atoms with Gasteiger partial charge in [0, 0.05) is 43.4 Å². The molecule has 0 atom stereocenters. The van der Waals surface area contributed by atoms with E-state index in [9.17, 15) is 0 Å². The molecule has 0 saturated heterocycles. The van der Waals surface area contributed by atoms with Crippen molar-refractivity contribution in [3.63, 3.8) is 0 Å². The third-order valence-corrected chi connectivity index (χ3v) is 12.1. The van der Waals surface area contributed by atoms with Crippen LogP contribution < -0.4 is 0 Å². The summed E-state index contributed by atoms with van der Waals surface area (Å²) in [6.07, 6.45) is 0. The molecule has 63 heavy (non-hydrogen) atoms. The number of benzene rings is 9. The van der Waals surface area contributed by atoms with Crippen molar-refractivity contribution >= 4 is 98.8 Å². The number of pyridine rings is 2. The second-order valence-electron chi connectivity index (χ2n) is 15.3. The molecule has 0 saturated carbocycles. The molecule has 4 aromatic heterocycles. The van der Waals surface area contributed by atoms with E-state index >= 15 is 0 Å². The molecule has 13 rings (SSSR count). The summed E-state index contributed by atoms with van der Waals surface area (Å²) in [6.45, 7) is 0. The molecular weight excluding hydrogens is 792 g/mol. The minimum absolute atomic E-state index is 0. The lowest BCUT2D eigenvalue weighted by Crippen LogP contribution is -1.91. The lowest BCUT2D eigenvalue weighted by atomic mass is 9.94. The Morgan fingerprint density at radius 3 is 1.37 bits per heavy atom. The van der Waals surface area contributed by atoms with Gasteiger partial charge in [-0.2, -0.15) is 0 Å². The average Bonchev–Trinajstić information content (AvgIpc) is 3.90. The third-order valence-electron chi connectivity index (χ3n) is 11.8. The molecule has 9 aromatic carbocycles. The van der Waals surface area contributed by atoms with Crippen LogP contribution in [0.1, 0.15) is 14.9 Å². The van der Waals surface area contributed by atoms with Gasteiger partial charge in [-0.25, -0.2) is 9.97 Å². The predicted molar refractivity (Wildman–Crippen MR) is 268 cm³/mol. The Labute approximate surface area is 369 Å². The first kappa shape index (κ1) is 39.4. The first-order chi connectivity index (χ1) is 30.2. The van der Waals surface area contributed by atoms with Crippen molar-refractivity contribution in [1.82, 2.24) is 9.97 Å². The van der Waals surface area contributed by atoms with Crippen molar-refractivity contribution in [2.24, 2.45) is 0 Å². The maximum Gasteiger partial charge on any atom is 0.144 e. The van der Waals surface area contributed by atoms with Crippen LogP contribution in [0.2, 0.25) is 5.02 Å². The summed E-state index contributed by atoms with van der Waals surface area (Å²) in [5.74, 6) is 0. The van der Waals surface area contributed by atoms with Crippen molar-refractivity contribution in [2.75, 3.05) is 0 Å². The number of rotatable bonds is 3. The molecule has 0 aliphatic carbocycles. The zero-order valence-corrected chi connectivity index (χ0v) is 33.4. The Hall–Kier alpha value is -7.79. The topological polar surface area (TPSA) is 52.1 Å². The molecule has 13 aromatic rings. The highest BCUT2D eigenvalue weighted by atomic mass is 35.5. The van der Waals surface area contributed by atoms with E-state index in [0.717, 1.165) is 93.6 Å². The van der Waals surface area contributed by atoms with E-state index in [0.29, 0.717) is 5.02 Å². The molecular formula is C58H41ClN2O2. The van der Waals surface area contributed by atoms with Gasteiger partial charge in [-0.1, -0.05) is 178 Å². The molecule has 0 fully saturated rings. The fourth-order valence-corrected chi connectivity index (χ4v) is 9.29. The van der Waals surface area contributed by atoms with E-state index < -0.39 is 0 Å². The van der Waals surface area contributed by atoms with Gasteiger partial charge in [0.2, 0.25) is 0 Å². The standard InChI is InChI=1S/C31H19NO.C25H14ClNO.2CH4/c1-2-9-20(10-3-1)26-19-28(32-27-18-17-21-11-4-5-12-22(21)30(26)27)25-15-8-14-24-23-13-6-7-16-29(23)33-31(24)25;26-20-14-22(27-21-13-12-15-6-1-2-7-16(15)24(20)21)19-10-5-9-18-17-8-3-4-11-23(17)28-25(18)19;;/h1-19H;1-14H;2*1H4. The largest absolute Gasteiger partial charge is 0.455 e. The number of nitrogens with zero attached hydrogens (tertiary/aromatic N) is 2. The summed E-state index contributed by atoms with van der Waals surface area (Å²) < 4.78 is 12.5. The van der Waals surface area contributed by atoms with E-state index in [4.69, 9.17) is 30.4 Å². The Bertz CT molecular complexity index is 3850. The molecule has 0 spiro atoms. The summed E-state index contributed by atoms with van der Waals surface area (Å²) in [5.41, 5.74) is 11.4. The maximum atomic E-state index is 6.75. The Morgan fingerprint density at radius 2 is 0.794 bits per heavy atom. The van der Waals surface area contributed by atoms with Crippen molar-refractivity contribution in [3.8, 4) is 33.6 Å². The molecule has 4 heterocycles. The molecule has 5 heteroatoms. The highest BCUT2D eigenvalue weighted by Gasteiger charge is 2.18. The molecule has 0 aliphatic heterocycles. The van der Waals surface area contributed by atoms with Gasteiger partial charge in [0.25, 0.3) is 0 Å². The first-order valence-corrected chi connectivity index (χ1v) is 20.7.